The number of nitro groups is 1. The highest BCUT2D eigenvalue weighted by molar-refractivity contribution is 7.99. The van der Waals surface area contributed by atoms with Gasteiger partial charge in [0.25, 0.3) is 11.6 Å². The van der Waals surface area contributed by atoms with Crippen LogP contribution in [0.2, 0.25) is 0 Å². The van der Waals surface area contributed by atoms with Gasteiger partial charge in [0, 0.05) is 24.1 Å². The number of carbonyl (C=O) groups excluding carboxylic acids is 1. The molecule has 0 aliphatic heterocycles. The smallest absolute Gasteiger partial charge is 0.270 e. The van der Waals surface area contributed by atoms with E-state index in [2.05, 4.69) is 26.9 Å². The average molecular weight is 410 g/mol. The molecule has 4 rings (SSSR count). The van der Waals surface area contributed by atoms with E-state index in [-0.39, 0.29) is 23.2 Å². The molecule has 29 heavy (non-hydrogen) atoms. The van der Waals surface area contributed by atoms with Crippen LogP contribution in [-0.4, -0.2) is 31.0 Å². The number of hydrogen-bond acceptors (Lipinski definition) is 7. The second-order valence-corrected chi connectivity index (χ2v) is 7.75. The van der Waals surface area contributed by atoms with Crippen molar-refractivity contribution in [2.75, 3.05) is 0 Å². The number of fused-ring (bicyclic) bond motifs is 1. The van der Waals surface area contributed by atoms with E-state index in [0.717, 1.165) is 24.8 Å². The van der Waals surface area contributed by atoms with Crippen LogP contribution in [0.5, 0.6) is 0 Å². The lowest BCUT2D eigenvalue weighted by Crippen LogP contribution is -2.31. The first-order valence-electron chi connectivity index (χ1n) is 9.10. The number of nitrogens with one attached hydrogen (secondary N) is 1. The summed E-state index contributed by atoms with van der Waals surface area (Å²) in [6.45, 7) is 0. The Morgan fingerprint density at radius 2 is 2.14 bits per heavy atom. The molecule has 1 N–H and O–H groups in total. The monoisotopic (exact) mass is 410 g/mol. The SMILES string of the molecule is Cn1nnnc1Sc1ccc([N+](=O)[O-])cc1C(=O)NC1CCCc2ccccc21. The molecule has 0 fully saturated rings. The third-order valence-corrected chi connectivity index (χ3v) is 5.98. The third kappa shape index (κ3) is 3.97. The number of benzene rings is 2. The second kappa shape index (κ2) is 8.00. The number of nitrogens with zero attached hydrogens (tertiary/aromatic N) is 5. The zero-order valence-corrected chi connectivity index (χ0v) is 16.4. The number of carbonyl (C=O) groups is 1. The molecule has 3 aromatic rings. The molecule has 148 valence electrons. The Bertz CT molecular complexity index is 1080. The maximum absolute atomic E-state index is 13.1. The van der Waals surface area contributed by atoms with E-state index in [1.165, 1.54) is 34.1 Å². The molecule has 1 aliphatic rings. The van der Waals surface area contributed by atoms with Gasteiger partial charge in [-0.15, -0.1) is 5.10 Å². The molecule has 2 aromatic carbocycles. The van der Waals surface area contributed by atoms with Gasteiger partial charge in [0.05, 0.1) is 16.5 Å². The van der Waals surface area contributed by atoms with E-state index in [9.17, 15) is 14.9 Å². The summed E-state index contributed by atoms with van der Waals surface area (Å²) in [5, 5.41) is 26.1. The Morgan fingerprint density at radius 1 is 1.31 bits per heavy atom. The molecule has 1 amide bonds. The molecule has 1 aromatic heterocycles. The molecule has 10 heteroatoms. The average Bonchev–Trinajstić information content (AvgIpc) is 3.13. The van der Waals surface area contributed by atoms with Crippen LogP contribution in [-0.2, 0) is 13.5 Å². The fourth-order valence-corrected chi connectivity index (χ4v) is 4.28. The van der Waals surface area contributed by atoms with Crippen molar-refractivity contribution in [1.29, 1.82) is 0 Å². The number of hydrogen-bond donors (Lipinski definition) is 1. The van der Waals surface area contributed by atoms with Crippen molar-refractivity contribution in [2.24, 2.45) is 7.05 Å². The van der Waals surface area contributed by atoms with Crippen LogP contribution in [0.25, 0.3) is 0 Å². The summed E-state index contributed by atoms with van der Waals surface area (Å²) in [5.41, 5.74) is 2.42. The molecule has 1 unspecified atom stereocenters. The minimum atomic E-state index is -0.509. The number of non-ortho nitro benzene ring substituents is 1. The van der Waals surface area contributed by atoms with Crippen LogP contribution in [0.4, 0.5) is 5.69 Å². The summed E-state index contributed by atoms with van der Waals surface area (Å²) in [6.07, 6.45) is 2.79. The van der Waals surface area contributed by atoms with E-state index >= 15 is 0 Å². The lowest BCUT2D eigenvalue weighted by Gasteiger charge is -2.26. The van der Waals surface area contributed by atoms with Crippen LogP contribution < -0.4 is 5.32 Å². The first kappa shape index (κ1) is 19.1. The highest BCUT2D eigenvalue weighted by Gasteiger charge is 2.25. The van der Waals surface area contributed by atoms with Crippen molar-refractivity contribution in [3.63, 3.8) is 0 Å². The maximum atomic E-state index is 13.1. The minimum absolute atomic E-state index is 0.124. The number of rotatable bonds is 5. The predicted octanol–water partition coefficient (Wildman–Crippen LogP) is 3.08. The van der Waals surface area contributed by atoms with Crippen molar-refractivity contribution in [1.82, 2.24) is 25.5 Å². The summed E-state index contributed by atoms with van der Waals surface area (Å²) < 4.78 is 1.48. The standard InChI is InChI=1S/C19H18N6O3S/c1-24-19(21-22-23-24)29-17-10-9-13(25(27)28)11-15(17)18(26)20-16-8-4-6-12-5-2-3-7-14(12)16/h2-3,5,7,9-11,16H,4,6,8H2,1H3,(H,20,26). The molecular weight excluding hydrogens is 392 g/mol. The van der Waals surface area contributed by atoms with Crippen molar-refractivity contribution < 1.29 is 9.72 Å². The van der Waals surface area contributed by atoms with Crippen LogP contribution in [0.3, 0.4) is 0 Å². The van der Waals surface area contributed by atoms with Gasteiger partial charge in [-0.25, -0.2) is 4.68 Å². The van der Waals surface area contributed by atoms with Gasteiger partial charge >= 0.3 is 0 Å². The summed E-state index contributed by atoms with van der Waals surface area (Å²) in [7, 11) is 1.69. The number of aromatic nitrogens is 4. The summed E-state index contributed by atoms with van der Waals surface area (Å²) >= 11 is 1.19. The first-order chi connectivity index (χ1) is 14.0. The fourth-order valence-electron chi connectivity index (χ4n) is 3.44. The Balaban J connectivity index is 1.65. The molecule has 0 saturated heterocycles. The van der Waals surface area contributed by atoms with Crippen LogP contribution in [0, 0.1) is 10.1 Å². The number of aryl methyl sites for hydroxylation is 2. The quantitative estimate of drug-likeness (QED) is 0.507. The normalized spacial score (nSPS) is 15.6. The second-order valence-electron chi connectivity index (χ2n) is 6.74. The largest absolute Gasteiger partial charge is 0.345 e. The van der Waals surface area contributed by atoms with Gasteiger partial charge in [-0.3, -0.25) is 14.9 Å². The molecule has 0 bridgehead atoms. The summed E-state index contributed by atoms with van der Waals surface area (Å²) in [4.78, 5) is 24.4. The number of nitro benzene ring substituents is 1. The predicted molar refractivity (Wildman–Crippen MR) is 106 cm³/mol. The third-order valence-electron chi connectivity index (χ3n) is 4.88. The zero-order chi connectivity index (χ0) is 20.4. The van der Waals surface area contributed by atoms with E-state index in [1.807, 2.05) is 18.2 Å². The molecule has 9 nitrogen and oxygen atoms in total. The Kier molecular flexibility index (Phi) is 5.26. The van der Waals surface area contributed by atoms with Crippen molar-refractivity contribution in [3.05, 3.63) is 69.3 Å². The van der Waals surface area contributed by atoms with E-state index in [4.69, 9.17) is 0 Å². The maximum Gasteiger partial charge on any atom is 0.270 e. The van der Waals surface area contributed by atoms with Gasteiger partial charge in [0.1, 0.15) is 0 Å². The first-order valence-corrected chi connectivity index (χ1v) is 9.92. The van der Waals surface area contributed by atoms with Gasteiger partial charge < -0.3 is 5.32 Å². The molecule has 0 saturated carbocycles. The highest BCUT2D eigenvalue weighted by atomic mass is 32.2. The molecule has 1 atom stereocenters. The van der Waals surface area contributed by atoms with Crippen LogP contribution in [0.15, 0.2) is 52.5 Å². The Labute approximate surface area is 170 Å². The summed E-state index contributed by atoms with van der Waals surface area (Å²) in [5.74, 6) is -0.354. The Morgan fingerprint density at radius 3 is 2.90 bits per heavy atom. The van der Waals surface area contributed by atoms with Gasteiger partial charge in [-0.1, -0.05) is 24.3 Å². The number of tetrazole rings is 1. The van der Waals surface area contributed by atoms with Crippen LogP contribution >= 0.6 is 11.8 Å². The molecule has 1 aliphatic carbocycles. The Hall–Kier alpha value is -3.27. The lowest BCUT2D eigenvalue weighted by molar-refractivity contribution is -0.384. The molecule has 0 spiro atoms. The van der Waals surface area contributed by atoms with Crippen molar-refractivity contribution in [2.45, 2.75) is 35.4 Å². The minimum Gasteiger partial charge on any atom is -0.345 e. The molecular formula is C19H18N6O3S. The van der Waals surface area contributed by atoms with Gasteiger partial charge in [-0.05, 0) is 58.6 Å². The zero-order valence-electron chi connectivity index (χ0n) is 15.6. The highest BCUT2D eigenvalue weighted by Crippen LogP contribution is 2.33. The summed E-state index contributed by atoms with van der Waals surface area (Å²) in [6, 6.07) is 12.2. The molecule has 1 heterocycles. The van der Waals surface area contributed by atoms with Crippen LogP contribution in [0.1, 0.15) is 40.4 Å². The van der Waals surface area contributed by atoms with Gasteiger partial charge in [-0.2, -0.15) is 0 Å². The van der Waals surface area contributed by atoms with E-state index < -0.39 is 4.92 Å². The number of amides is 1. The fraction of sp³-hybridized carbons (Fsp3) is 0.263. The van der Waals surface area contributed by atoms with E-state index in [1.54, 1.807) is 13.1 Å². The lowest BCUT2D eigenvalue weighted by atomic mass is 9.87. The topological polar surface area (TPSA) is 116 Å². The van der Waals surface area contributed by atoms with Gasteiger partial charge in [0.15, 0.2) is 0 Å². The van der Waals surface area contributed by atoms with Crippen molar-refractivity contribution >= 4 is 23.4 Å². The van der Waals surface area contributed by atoms with Crippen molar-refractivity contribution in [3.8, 4) is 0 Å². The van der Waals surface area contributed by atoms with Gasteiger partial charge in [0.2, 0.25) is 5.16 Å². The molecule has 0 radical (unpaired) electrons. The van der Waals surface area contributed by atoms with E-state index in [0.29, 0.717) is 10.1 Å².